The van der Waals surface area contributed by atoms with Gasteiger partial charge in [-0.2, -0.15) is 0 Å². The largest absolute Gasteiger partial charge is 0.327 e. The molecule has 0 spiro atoms. The fourth-order valence-corrected chi connectivity index (χ4v) is 1.39. The van der Waals surface area contributed by atoms with Crippen LogP contribution in [0, 0.1) is 5.41 Å². The van der Waals surface area contributed by atoms with Gasteiger partial charge in [0.25, 0.3) is 0 Å². The van der Waals surface area contributed by atoms with Gasteiger partial charge in [-0.25, -0.2) is 0 Å². The second-order valence-corrected chi connectivity index (χ2v) is 5.59. The van der Waals surface area contributed by atoms with E-state index < -0.39 is 0 Å². The van der Waals surface area contributed by atoms with Crippen molar-refractivity contribution in [2.24, 2.45) is 18.2 Å². The topological polar surface area (TPSA) is 77.1 Å². The van der Waals surface area contributed by atoms with Crippen LogP contribution >= 0.6 is 0 Å². The van der Waals surface area contributed by atoms with Crippen molar-refractivity contribution in [3.05, 3.63) is 28.7 Å². The highest BCUT2D eigenvalue weighted by atomic mass is 16.1. The van der Waals surface area contributed by atoms with Crippen LogP contribution in [-0.4, -0.2) is 16.5 Å². The number of nitrogens with zero attached hydrogens (tertiary/aromatic N) is 1. The molecule has 0 radical (unpaired) electrons. The fraction of sp³-hybridized carbons (Fsp3) is 0.538. The Morgan fingerprint density at radius 3 is 2.56 bits per heavy atom. The van der Waals surface area contributed by atoms with Crippen molar-refractivity contribution in [3.8, 4) is 0 Å². The lowest BCUT2D eigenvalue weighted by atomic mass is 9.85. The monoisotopic (exact) mass is 251 g/mol. The van der Waals surface area contributed by atoms with Crippen LogP contribution in [-0.2, 0) is 11.8 Å². The van der Waals surface area contributed by atoms with Crippen LogP contribution < -0.4 is 16.6 Å². The van der Waals surface area contributed by atoms with Gasteiger partial charge in [0, 0.05) is 31.8 Å². The molecule has 0 aliphatic heterocycles. The van der Waals surface area contributed by atoms with Gasteiger partial charge >= 0.3 is 0 Å². The first kappa shape index (κ1) is 14.4. The van der Waals surface area contributed by atoms with Gasteiger partial charge in [0.1, 0.15) is 0 Å². The highest BCUT2D eigenvalue weighted by molar-refractivity contribution is 5.90. The van der Waals surface area contributed by atoms with Gasteiger partial charge in [0.15, 0.2) is 0 Å². The van der Waals surface area contributed by atoms with Crippen molar-refractivity contribution < 1.29 is 4.79 Å². The number of pyridine rings is 1. The second kappa shape index (κ2) is 5.35. The SMILES string of the molecule is Cn1cc(NC(=O)CC(N)C(C)(C)C)ccc1=O. The number of amides is 1. The molecule has 100 valence electrons. The number of carbonyl (C=O) groups is 1. The molecule has 5 nitrogen and oxygen atoms in total. The summed E-state index contributed by atoms with van der Waals surface area (Å²) in [6.45, 7) is 5.99. The molecular formula is C13H21N3O2. The van der Waals surface area contributed by atoms with Crippen LogP contribution in [0.3, 0.4) is 0 Å². The van der Waals surface area contributed by atoms with Crippen LogP contribution in [0.15, 0.2) is 23.1 Å². The molecule has 0 aliphatic carbocycles. The first-order valence-electron chi connectivity index (χ1n) is 5.92. The molecule has 1 heterocycles. The number of anilines is 1. The Bertz CT molecular complexity index is 486. The maximum Gasteiger partial charge on any atom is 0.250 e. The smallest absolute Gasteiger partial charge is 0.250 e. The third kappa shape index (κ3) is 4.00. The molecule has 1 rings (SSSR count). The molecule has 0 fully saturated rings. The number of nitrogens with two attached hydrogens (primary N) is 1. The van der Waals surface area contributed by atoms with Crippen LogP contribution in [0.5, 0.6) is 0 Å². The third-order valence-corrected chi connectivity index (χ3v) is 2.89. The molecule has 0 aromatic carbocycles. The number of aryl methyl sites for hydroxylation is 1. The van der Waals surface area contributed by atoms with Gasteiger partial charge in [-0.3, -0.25) is 9.59 Å². The van der Waals surface area contributed by atoms with Gasteiger partial charge in [-0.05, 0) is 11.5 Å². The van der Waals surface area contributed by atoms with Crippen LogP contribution in [0.1, 0.15) is 27.2 Å². The average molecular weight is 251 g/mol. The highest BCUT2D eigenvalue weighted by Crippen LogP contribution is 2.20. The normalized spacial score (nSPS) is 13.2. The molecule has 18 heavy (non-hydrogen) atoms. The van der Waals surface area contributed by atoms with E-state index in [0.29, 0.717) is 5.69 Å². The number of hydrogen-bond acceptors (Lipinski definition) is 3. The van der Waals surface area contributed by atoms with Crippen molar-refractivity contribution in [3.63, 3.8) is 0 Å². The summed E-state index contributed by atoms with van der Waals surface area (Å²) in [5.41, 5.74) is 6.32. The van der Waals surface area contributed by atoms with E-state index in [-0.39, 0.29) is 29.3 Å². The van der Waals surface area contributed by atoms with Crippen molar-refractivity contribution in [2.75, 3.05) is 5.32 Å². The minimum atomic E-state index is -0.204. The van der Waals surface area contributed by atoms with E-state index in [9.17, 15) is 9.59 Å². The molecule has 3 N–H and O–H groups in total. The summed E-state index contributed by atoms with van der Waals surface area (Å²) in [4.78, 5) is 23.0. The number of rotatable bonds is 3. The fourth-order valence-electron chi connectivity index (χ4n) is 1.39. The number of aromatic nitrogens is 1. The molecule has 0 saturated heterocycles. The average Bonchev–Trinajstić information content (AvgIpc) is 2.22. The molecule has 1 atom stereocenters. The number of nitrogens with one attached hydrogen (secondary N) is 1. The number of hydrogen-bond donors (Lipinski definition) is 2. The maximum absolute atomic E-state index is 11.8. The van der Waals surface area contributed by atoms with Gasteiger partial charge in [-0.15, -0.1) is 0 Å². The molecule has 1 aromatic heterocycles. The predicted molar refractivity (Wildman–Crippen MR) is 72.4 cm³/mol. The summed E-state index contributed by atoms with van der Waals surface area (Å²) in [5.74, 6) is -0.143. The summed E-state index contributed by atoms with van der Waals surface area (Å²) in [6, 6.07) is 2.80. The zero-order valence-corrected chi connectivity index (χ0v) is 11.4. The Balaban J connectivity index is 2.65. The zero-order chi connectivity index (χ0) is 13.9. The van der Waals surface area contributed by atoms with E-state index in [1.807, 2.05) is 20.8 Å². The molecule has 0 bridgehead atoms. The lowest BCUT2D eigenvalue weighted by molar-refractivity contribution is -0.117. The van der Waals surface area contributed by atoms with E-state index in [4.69, 9.17) is 5.73 Å². The van der Waals surface area contributed by atoms with Crippen molar-refractivity contribution in [2.45, 2.75) is 33.2 Å². The van der Waals surface area contributed by atoms with Crippen molar-refractivity contribution >= 4 is 11.6 Å². The summed E-state index contributed by atoms with van der Waals surface area (Å²) in [6.07, 6.45) is 1.84. The van der Waals surface area contributed by atoms with E-state index in [1.165, 1.54) is 10.6 Å². The summed E-state index contributed by atoms with van der Waals surface area (Å²) in [5, 5.41) is 2.73. The van der Waals surface area contributed by atoms with E-state index >= 15 is 0 Å². The first-order valence-corrected chi connectivity index (χ1v) is 5.92. The van der Waals surface area contributed by atoms with Gasteiger partial charge < -0.3 is 15.6 Å². The van der Waals surface area contributed by atoms with Crippen LogP contribution in [0.25, 0.3) is 0 Å². The van der Waals surface area contributed by atoms with Crippen LogP contribution in [0.4, 0.5) is 5.69 Å². The van der Waals surface area contributed by atoms with Crippen molar-refractivity contribution in [1.82, 2.24) is 4.57 Å². The van der Waals surface area contributed by atoms with E-state index in [2.05, 4.69) is 5.32 Å². The zero-order valence-electron chi connectivity index (χ0n) is 11.4. The van der Waals surface area contributed by atoms with Gasteiger partial charge in [-0.1, -0.05) is 20.8 Å². The number of carbonyl (C=O) groups excluding carboxylic acids is 1. The molecule has 5 heteroatoms. The lowest BCUT2D eigenvalue weighted by Crippen LogP contribution is -2.38. The Hall–Kier alpha value is -1.62. The van der Waals surface area contributed by atoms with E-state index in [0.717, 1.165) is 0 Å². The third-order valence-electron chi connectivity index (χ3n) is 2.89. The molecule has 1 aromatic rings. The standard InChI is InChI=1S/C13H21N3O2/c1-13(2,3)10(14)7-11(17)15-9-5-6-12(18)16(4)8-9/h5-6,8,10H,7,14H2,1-4H3,(H,15,17). The van der Waals surface area contributed by atoms with E-state index in [1.54, 1.807) is 19.3 Å². The summed E-state index contributed by atoms with van der Waals surface area (Å²) >= 11 is 0. The van der Waals surface area contributed by atoms with Crippen LogP contribution in [0.2, 0.25) is 0 Å². The molecule has 1 amide bonds. The molecule has 0 saturated carbocycles. The van der Waals surface area contributed by atoms with Gasteiger partial charge in [0.2, 0.25) is 11.5 Å². The highest BCUT2D eigenvalue weighted by Gasteiger charge is 2.23. The molecule has 1 unspecified atom stereocenters. The Kier molecular flexibility index (Phi) is 4.29. The predicted octanol–water partition coefficient (Wildman–Crippen LogP) is 1.09. The Morgan fingerprint density at radius 2 is 2.06 bits per heavy atom. The first-order chi connectivity index (χ1) is 8.20. The lowest BCUT2D eigenvalue weighted by Gasteiger charge is -2.26. The minimum Gasteiger partial charge on any atom is -0.327 e. The quantitative estimate of drug-likeness (QED) is 0.844. The van der Waals surface area contributed by atoms with Gasteiger partial charge in [0.05, 0.1) is 5.69 Å². The second-order valence-electron chi connectivity index (χ2n) is 5.59. The van der Waals surface area contributed by atoms with Crippen molar-refractivity contribution in [1.29, 1.82) is 0 Å². The Labute approximate surface area is 107 Å². The molecular weight excluding hydrogens is 230 g/mol. The molecule has 0 aliphatic rings. The Morgan fingerprint density at radius 1 is 1.44 bits per heavy atom. The summed E-state index contributed by atoms with van der Waals surface area (Å²) < 4.78 is 1.42. The maximum atomic E-state index is 11.8. The summed E-state index contributed by atoms with van der Waals surface area (Å²) in [7, 11) is 1.64. The minimum absolute atomic E-state index is 0.110.